The molecule has 0 N–H and O–H groups in total. The second-order valence-electron chi connectivity index (χ2n) is 8.35. The zero-order valence-corrected chi connectivity index (χ0v) is 17.4. The number of rotatable bonds is 8. The van der Waals surface area contributed by atoms with Gasteiger partial charge in [0.2, 0.25) is 5.89 Å². The number of ether oxygens (including phenoxy) is 1. The summed E-state index contributed by atoms with van der Waals surface area (Å²) in [5, 5.41) is 0. The maximum absolute atomic E-state index is 14.6. The Kier molecular flexibility index (Phi) is 6.82. The highest BCUT2D eigenvalue weighted by Gasteiger charge is 2.19. The normalized spacial score (nSPS) is 21.0. The molecule has 29 heavy (non-hydrogen) atoms. The Hall–Kier alpha value is -1.92. The number of hydrogen-bond acceptors (Lipinski definition) is 5. The van der Waals surface area contributed by atoms with Crippen molar-refractivity contribution in [1.82, 2.24) is 14.8 Å². The minimum absolute atomic E-state index is 0.337. The molecule has 2 saturated heterocycles. The van der Waals surface area contributed by atoms with Crippen molar-refractivity contribution in [2.45, 2.75) is 58.0 Å². The van der Waals surface area contributed by atoms with Crippen LogP contribution in [0, 0.1) is 5.82 Å². The van der Waals surface area contributed by atoms with Crippen LogP contribution in [0.1, 0.15) is 51.1 Å². The minimum Gasteiger partial charge on any atom is -0.493 e. The predicted octanol–water partition coefficient (Wildman–Crippen LogP) is 4.72. The molecule has 6 heteroatoms. The summed E-state index contributed by atoms with van der Waals surface area (Å²) < 4.78 is 25.9. The van der Waals surface area contributed by atoms with Crippen molar-refractivity contribution < 1.29 is 13.5 Å². The highest BCUT2D eigenvalue weighted by molar-refractivity contribution is 5.55. The van der Waals surface area contributed by atoms with Gasteiger partial charge in [-0.05, 0) is 70.8 Å². The summed E-state index contributed by atoms with van der Waals surface area (Å²) >= 11 is 0. The van der Waals surface area contributed by atoms with E-state index in [0.29, 0.717) is 29.9 Å². The largest absolute Gasteiger partial charge is 0.493 e. The Morgan fingerprint density at radius 2 is 2.03 bits per heavy atom. The Labute approximate surface area is 172 Å². The molecule has 5 nitrogen and oxygen atoms in total. The van der Waals surface area contributed by atoms with Crippen molar-refractivity contribution in [1.29, 1.82) is 0 Å². The van der Waals surface area contributed by atoms with Crippen molar-refractivity contribution in [3.05, 3.63) is 36.0 Å². The van der Waals surface area contributed by atoms with E-state index in [1.165, 1.54) is 44.7 Å². The number of halogens is 1. The first-order valence-corrected chi connectivity index (χ1v) is 11.0. The smallest absolute Gasteiger partial charge is 0.229 e. The van der Waals surface area contributed by atoms with E-state index in [0.717, 1.165) is 38.3 Å². The number of benzene rings is 1. The third-order valence-electron chi connectivity index (χ3n) is 6.11. The Bertz CT molecular complexity index is 788. The molecule has 0 aliphatic carbocycles. The minimum atomic E-state index is -0.359. The quantitative estimate of drug-likeness (QED) is 0.599. The molecule has 0 bridgehead atoms. The summed E-state index contributed by atoms with van der Waals surface area (Å²) in [4.78, 5) is 9.37. The lowest BCUT2D eigenvalue weighted by Gasteiger charge is -2.25. The Balaban J connectivity index is 1.29. The second kappa shape index (κ2) is 9.72. The number of hydrogen-bond donors (Lipinski definition) is 0. The van der Waals surface area contributed by atoms with Gasteiger partial charge in [-0.3, -0.25) is 4.90 Å². The van der Waals surface area contributed by atoms with Crippen LogP contribution in [0.4, 0.5) is 4.39 Å². The number of nitrogens with zero attached hydrogens (tertiary/aromatic N) is 3. The highest BCUT2D eigenvalue weighted by Crippen LogP contribution is 2.26. The standard InChI is InChI=1S/C23H32FN3O2/c1-18-7-5-12-27(18)13-6-14-28-20-8-9-21(22(24)15-20)23-25-19(17-29-23)16-26-10-3-2-4-11-26/h8-9,15,17-18H,2-7,10-14,16H2,1H3. The molecule has 0 spiro atoms. The second-order valence-corrected chi connectivity index (χ2v) is 8.35. The van der Waals surface area contributed by atoms with Crippen LogP contribution in [-0.4, -0.2) is 53.6 Å². The molecule has 1 aromatic heterocycles. The van der Waals surface area contributed by atoms with Crippen LogP contribution in [0.2, 0.25) is 0 Å². The van der Waals surface area contributed by atoms with Crippen LogP contribution >= 0.6 is 0 Å². The van der Waals surface area contributed by atoms with Crippen molar-refractivity contribution in [2.75, 3.05) is 32.8 Å². The van der Waals surface area contributed by atoms with E-state index in [1.807, 2.05) is 0 Å². The van der Waals surface area contributed by atoms with Gasteiger partial charge >= 0.3 is 0 Å². The van der Waals surface area contributed by atoms with E-state index in [-0.39, 0.29) is 5.82 Å². The van der Waals surface area contributed by atoms with E-state index in [1.54, 1.807) is 18.4 Å². The van der Waals surface area contributed by atoms with Gasteiger partial charge in [0.15, 0.2) is 0 Å². The number of likely N-dealkylation sites (tertiary alicyclic amines) is 2. The summed E-state index contributed by atoms with van der Waals surface area (Å²) in [6.45, 7) is 8.06. The van der Waals surface area contributed by atoms with Gasteiger partial charge in [-0.1, -0.05) is 6.42 Å². The molecular formula is C23H32FN3O2. The molecule has 0 amide bonds. The summed E-state index contributed by atoms with van der Waals surface area (Å²) in [6, 6.07) is 5.60. The van der Waals surface area contributed by atoms with Crippen LogP contribution in [0.25, 0.3) is 11.5 Å². The lowest BCUT2D eigenvalue weighted by molar-refractivity contribution is 0.218. The molecule has 158 valence electrons. The third kappa shape index (κ3) is 5.37. The average Bonchev–Trinajstić information content (AvgIpc) is 3.35. The van der Waals surface area contributed by atoms with Gasteiger partial charge in [-0.15, -0.1) is 0 Å². The van der Waals surface area contributed by atoms with Crippen LogP contribution in [0.3, 0.4) is 0 Å². The van der Waals surface area contributed by atoms with Crippen LogP contribution in [-0.2, 0) is 6.54 Å². The molecule has 0 saturated carbocycles. The predicted molar refractivity (Wildman–Crippen MR) is 111 cm³/mol. The van der Waals surface area contributed by atoms with E-state index in [4.69, 9.17) is 9.15 Å². The van der Waals surface area contributed by atoms with Gasteiger partial charge in [0, 0.05) is 25.2 Å². The molecule has 1 atom stereocenters. The maximum atomic E-state index is 14.6. The van der Waals surface area contributed by atoms with Gasteiger partial charge in [0.05, 0.1) is 17.9 Å². The first-order chi connectivity index (χ1) is 14.2. The van der Waals surface area contributed by atoms with E-state index < -0.39 is 0 Å². The molecule has 2 aromatic rings. The summed E-state index contributed by atoms with van der Waals surface area (Å²) in [7, 11) is 0. The van der Waals surface area contributed by atoms with Gasteiger partial charge < -0.3 is 14.1 Å². The lowest BCUT2D eigenvalue weighted by Crippen LogP contribution is -2.29. The van der Waals surface area contributed by atoms with Crippen LogP contribution < -0.4 is 4.74 Å². The fourth-order valence-corrected chi connectivity index (χ4v) is 4.39. The van der Waals surface area contributed by atoms with E-state index >= 15 is 0 Å². The number of aromatic nitrogens is 1. The van der Waals surface area contributed by atoms with Crippen molar-refractivity contribution in [3.63, 3.8) is 0 Å². The van der Waals surface area contributed by atoms with Crippen molar-refractivity contribution in [2.24, 2.45) is 0 Å². The van der Waals surface area contributed by atoms with E-state index in [2.05, 4.69) is 21.7 Å². The third-order valence-corrected chi connectivity index (χ3v) is 6.11. The molecule has 2 aliphatic rings. The molecule has 4 rings (SSSR count). The van der Waals surface area contributed by atoms with Gasteiger partial charge in [-0.25, -0.2) is 9.37 Å². The Morgan fingerprint density at radius 3 is 2.79 bits per heavy atom. The zero-order chi connectivity index (χ0) is 20.1. The van der Waals surface area contributed by atoms with Crippen LogP contribution in [0.15, 0.2) is 28.9 Å². The molecule has 1 unspecified atom stereocenters. The molecule has 0 radical (unpaired) electrons. The van der Waals surface area contributed by atoms with Crippen molar-refractivity contribution >= 4 is 0 Å². The van der Waals surface area contributed by atoms with Gasteiger partial charge in [0.25, 0.3) is 0 Å². The molecule has 3 heterocycles. The highest BCUT2D eigenvalue weighted by atomic mass is 19.1. The first-order valence-electron chi connectivity index (χ1n) is 11.0. The number of oxazole rings is 1. The topological polar surface area (TPSA) is 41.7 Å². The maximum Gasteiger partial charge on any atom is 0.229 e. The first kappa shape index (κ1) is 20.4. The molecule has 2 aliphatic heterocycles. The molecule has 1 aromatic carbocycles. The average molecular weight is 402 g/mol. The SMILES string of the molecule is CC1CCCN1CCCOc1ccc(-c2nc(CN3CCCCC3)co2)c(F)c1. The van der Waals surface area contributed by atoms with Gasteiger partial charge in [-0.2, -0.15) is 0 Å². The summed E-state index contributed by atoms with van der Waals surface area (Å²) in [5.41, 5.74) is 1.24. The summed E-state index contributed by atoms with van der Waals surface area (Å²) in [6.07, 6.45) is 8.94. The zero-order valence-electron chi connectivity index (χ0n) is 17.4. The molecule has 2 fully saturated rings. The monoisotopic (exact) mass is 401 g/mol. The van der Waals surface area contributed by atoms with Gasteiger partial charge in [0.1, 0.15) is 17.8 Å². The Morgan fingerprint density at radius 1 is 1.17 bits per heavy atom. The van der Waals surface area contributed by atoms with Crippen molar-refractivity contribution in [3.8, 4) is 17.2 Å². The van der Waals surface area contributed by atoms with E-state index in [9.17, 15) is 4.39 Å². The lowest BCUT2D eigenvalue weighted by atomic mass is 10.1. The van der Waals surface area contributed by atoms with Crippen LogP contribution in [0.5, 0.6) is 5.75 Å². The summed E-state index contributed by atoms with van der Waals surface area (Å²) in [5.74, 6) is 0.534. The molecular weight excluding hydrogens is 369 g/mol. The fraction of sp³-hybridized carbons (Fsp3) is 0.609. The number of piperidine rings is 1. The fourth-order valence-electron chi connectivity index (χ4n) is 4.39.